The van der Waals surface area contributed by atoms with Crippen LogP contribution in [-0.2, 0) is 14.6 Å². The molecule has 1 aromatic carbocycles. The minimum Gasteiger partial charge on any atom is -0.481 e. The molecular formula is C13H16FNO4S. The highest BCUT2D eigenvalue weighted by Gasteiger charge is 2.28. The maximum atomic E-state index is 13.3. The van der Waals surface area contributed by atoms with Crippen LogP contribution in [0.5, 0.6) is 0 Å². The molecule has 5 nitrogen and oxygen atoms in total. The lowest BCUT2D eigenvalue weighted by Gasteiger charge is -2.33. The van der Waals surface area contributed by atoms with Crippen molar-refractivity contribution in [1.82, 2.24) is 0 Å². The number of carboxylic acid groups (broad SMARTS) is 1. The summed E-state index contributed by atoms with van der Waals surface area (Å²) in [5.74, 6) is -2.04. The van der Waals surface area contributed by atoms with Gasteiger partial charge in [-0.3, -0.25) is 4.79 Å². The van der Waals surface area contributed by atoms with Crippen LogP contribution in [0, 0.1) is 11.7 Å². The van der Waals surface area contributed by atoms with Crippen molar-refractivity contribution in [2.75, 3.05) is 24.2 Å². The molecule has 1 aromatic rings. The highest BCUT2D eigenvalue weighted by atomic mass is 32.2. The van der Waals surface area contributed by atoms with Crippen LogP contribution >= 0.6 is 0 Å². The van der Waals surface area contributed by atoms with E-state index in [-0.39, 0.29) is 11.4 Å². The van der Waals surface area contributed by atoms with Crippen molar-refractivity contribution in [1.29, 1.82) is 0 Å². The number of hydrogen-bond donors (Lipinski definition) is 1. The first-order valence-electron chi connectivity index (χ1n) is 6.26. The second kappa shape index (κ2) is 5.40. The van der Waals surface area contributed by atoms with Crippen LogP contribution in [0.4, 0.5) is 10.1 Å². The normalized spacial score (nSPS) is 19.9. The Morgan fingerprint density at radius 1 is 1.45 bits per heavy atom. The Hall–Kier alpha value is -1.63. The molecule has 1 saturated heterocycles. The lowest BCUT2D eigenvalue weighted by atomic mass is 9.98. The van der Waals surface area contributed by atoms with Gasteiger partial charge in [0.05, 0.1) is 16.5 Å². The summed E-state index contributed by atoms with van der Waals surface area (Å²) in [6.07, 6.45) is 2.25. The first-order chi connectivity index (χ1) is 9.29. The van der Waals surface area contributed by atoms with Gasteiger partial charge in [0.2, 0.25) is 0 Å². The molecule has 1 unspecified atom stereocenters. The molecule has 1 N–H and O–H groups in total. The minimum atomic E-state index is -3.57. The fourth-order valence-corrected chi connectivity index (χ4v) is 3.35. The van der Waals surface area contributed by atoms with Crippen LogP contribution in [0.2, 0.25) is 0 Å². The summed E-state index contributed by atoms with van der Waals surface area (Å²) < 4.78 is 36.8. The van der Waals surface area contributed by atoms with E-state index in [9.17, 15) is 17.6 Å². The maximum absolute atomic E-state index is 13.3. The van der Waals surface area contributed by atoms with Gasteiger partial charge in [0.15, 0.2) is 9.84 Å². The van der Waals surface area contributed by atoms with Gasteiger partial charge in [0.1, 0.15) is 5.82 Å². The Balaban J connectivity index is 2.40. The number of benzene rings is 1. The van der Waals surface area contributed by atoms with Crippen LogP contribution in [0.1, 0.15) is 12.8 Å². The van der Waals surface area contributed by atoms with Crippen LogP contribution < -0.4 is 4.90 Å². The maximum Gasteiger partial charge on any atom is 0.308 e. The Morgan fingerprint density at radius 2 is 2.15 bits per heavy atom. The monoisotopic (exact) mass is 301 g/mol. The number of hydrogen-bond acceptors (Lipinski definition) is 4. The molecule has 0 spiro atoms. The van der Waals surface area contributed by atoms with Crippen molar-refractivity contribution in [3.63, 3.8) is 0 Å². The molecule has 0 bridgehead atoms. The minimum absolute atomic E-state index is 0.0939. The Bertz CT molecular complexity index is 629. The van der Waals surface area contributed by atoms with Gasteiger partial charge in [-0.25, -0.2) is 12.8 Å². The third kappa shape index (κ3) is 3.09. The second-order valence-corrected chi connectivity index (χ2v) is 6.99. The van der Waals surface area contributed by atoms with Crippen molar-refractivity contribution >= 4 is 21.5 Å². The lowest BCUT2D eigenvalue weighted by Crippen LogP contribution is -2.39. The topological polar surface area (TPSA) is 74.7 Å². The van der Waals surface area contributed by atoms with Gasteiger partial charge in [-0.15, -0.1) is 0 Å². The fraction of sp³-hybridized carbons (Fsp3) is 0.462. The van der Waals surface area contributed by atoms with Gasteiger partial charge in [0.25, 0.3) is 0 Å². The van der Waals surface area contributed by atoms with E-state index in [1.807, 2.05) is 0 Å². The van der Waals surface area contributed by atoms with Crippen LogP contribution in [-0.4, -0.2) is 38.8 Å². The smallest absolute Gasteiger partial charge is 0.308 e. The van der Waals surface area contributed by atoms with Crippen LogP contribution in [0.15, 0.2) is 23.1 Å². The van der Waals surface area contributed by atoms with Crippen molar-refractivity contribution in [3.05, 3.63) is 24.0 Å². The second-order valence-electron chi connectivity index (χ2n) is 5.01. The highest BCUT2D eigenvalue weighted by Crippen LogP contribution is 2.30. The molecule has 2 rings (SSSR count). The lowest BCUT2D eigenvalue weighted by molar-refractivity contribution is -0.141. The Labute approximate surface area is 116 Å². The summed E-state index contributed by atoms with van der Waals surface area (Å²) in [6, 6.07) is 3.57. The van der Waals surface area contributed by atoms with Gasteiger partial charge in [-0.1, -0.05) is 0 Å². The number of halogens is 1. The molecule has 0 saturated carbocycles. The summed E-state index contributed by atoms with van der Waals surface area (Å²) >= 11 is 0. The van der Waals surface area contributed by atoms with E-state index in [4.69, 9.17) is 5.11 Å². The highest BCUT2D eigenvalue weighted by molar-refractivity contribution is 7.90. The number of piperidine rings is 1. The van der Waals surface area contributed by atoms with E-state index in [1.165, 1.54) is 12.1 Å². The zero-order valence-electron chi connectivity index (χ0n) is 11.0. The van der Waals surface area contributed by atoms with Crippen molar-refractivity contribution in [3.8, 4) is 0 Å². The molecular weight excluding hydrogens is 285 g/mol. The molecule has 7 heteroatoms. The molecule has 1 fully saturated rings. The van der Waals surface area contributed by atoms with E-state index in [1.54, 1.807) is 4.90 Å². The Morgan fingerprint density at radius 3 is 2.75 bits per heavy atom. The molecule has 1 aliphatic heterocycles. The quantitative estimate of drug-likeness (QED) is 0.916. The van der Waals surface area contributed by atoms with Crippen LogP contribution in [0.25, 0.3) is 0 Å². The first-order valence-corrected chi connectivity index (χ1v) is 8.15. The molecule has 1 heterocycles. The third-order valence-electron chi connectivity index (χ3n) is 3.43. The predicted octanol–water partition coefficient (Wildman–Crippen LogP) is 1.53. The largest absolute Gasteiger partial charge is 0.481 e. The van der Waals surface area contributed by atoms with E-state index >= 15 is 0 Å². The molecule has 1 aliphatic rings. The number of rotatable bonds is 3. The molecule has 1 atom stereocenters. The molecule has 0 amide bonds. The zero-order chi connectivity index (χ0) is 14.9. The number of carbonyl (C=O) groups is 1. The van der Waals surface area contributed by atoms with E-state index in [0.29, 0.717) is 25.1 Å². The van der Waals surface area contributed by atoms with E-state index < -0.39 is 27.5 Å². The number of aliphatic carboxylic acids is 1. The zero-order valence-corrected chi connectivity index (χ0v) is 11.9. The molecule has 0 aliphatic carbocycles. The summed E-state index contributed by atoms with van der Waals surface area (Å²) in [5.41, 5.74) is 0.375. The summed E-state index contributed by atoms with van der Waals surface area (Å²) in [4.78, 5) is 12.7. The average molecular weight is 301 g/mol. The van der Waals surface area contributed by atoms with Crippen molar-refractivity contribution in [2.24, 2.45) is 5.92 Å². The number of anilines is 1. The SMILES string of the molecule is CS(=O)(=O)c1cc(F)ccc1N1CCCC(C(=O)O)C1. The number of carboxylic acids is 1. The molecule has 0 aromatic heterocycles. The molecule has 20 heavy (non-hydrogen) atoms. The van der Waals surface area contributed by atoms with E-state index in [0.717, 1.165) is 12.3 Å². The fourth-order valence-electron chi connectivity index (χ4n) is 2.44. The number of sulfone groups is 1. The molecule has 110 valence electrons. The van der Waals surface area contributed by atoms with Crippen molar-refractivity contribution < 1.29 is 22.7 Å². The predicted molar refractivity (Wildman–Crippen MR) is 72.1 cm³/mol. The van der Waals surface area contributed by atoms with Crippen LogP contribution in [0.3, 0.4) is 0 Å². The van der Waals surface area contributed by atoms with E-state index in [2.05, 4.69) is 0 Å². The third-order valence-corrected chi connectivity index (χ3v) is 4.56. The van der Waals surface area contributed by atoms with Gasteiger partial charge in [-0.05, 0) is 31.0 Å². The number of nitrogens with zero attached hydrogens (tertiary/aromatic N) is 1. The van der Waals surface area contributed by atoms with Crippen molar-refractivity contribution in [2.45, 2.75) is 17.7 Å². The van der Waals surface area contributed by atoms with Gasteiger partial charge in [-0.2, -0.15) is 0 Å². The van der Waals surface area contributed by atoms with Gasteiger partial charge >= 0.3 is 5.97 Å². The van der Waals surface area contributed by atoms with Gasteiger partial charge in [0, 0.05) is 19.3 Å². The molecule has 0 radical (unpaired) electrons. The summed E-state index contributed by atoms with van der Waals surface area (Å²) in [7, 11) is -3.57. The summed E-state index contributed by atoms with van der Waals surface area (Å²) in [6.45, 7) is 0.807. The average Bonchev–Trinajstić information content (AvgIpc) is 2.37. The standard InChI is InChI=1S/C13H16FNO4S/c1-20(18,19)12-7-10(14)4-5-11(12)15-6-2-3-9(8-15)13(16)17/h4-5,7,9H,2-3,6,8H2,1H3,(H,16,17). The first kappa shape index (κ1) is 14.8. The van der Waals surface area contributed by atoms with Gasteiger partial charge < -0.3 is 10.0 Å². The Kier molecular flexibility index (Phi) is 3.99. The summed E-state index contributed by atoms with van der Waals surface area (Å²) in [5, 5.41) is 9.07.